The summed E-state index contributed by atoms with van der Waals surface area (Å²) in [5.41, 5.74) is 2.38. The molecule has 5 heteroatoms. The smallest absolute Gasteiger partial charge is 0.259 e. The van der Waals surface area contributed by atoms with Crippen LogP contribution in [-0.4, -0.2) is 17.9 Å². The SMILES string of the molecule is CNc1ccncc1C(=O)Nc1ccc(F)cc1C. The molecule has 19 heavy (non-hydrogen) atoms. The first kappa shape index (κ1) is 13.0. The van der Waals surface area contributed by atoms with Crippen molar-refractivity contribution in [3.63, 3.8) is 0 Å². The fourth-order valence-corrected chi connectivity index (χ4v) is 1.75. The molecule has 1 aromatic carbocycles. The predicted octanol–water partition coefficient (Wildman–Crippen LogP) is 2.82. The van der Waals surface area contributed by atoms with E-state index in [-0.39, 0.29) is 11.7 Å². The Bertz CT molecular complexity index is 613. The number of nitrogens with zero attached hydrogens (tertiary/aromatic N) is 1. The van der Waals surface area contributed by atoms with E-state index in [0.29, 0.717) is 22.5 Å². The zero-order valence-corrected chi connectivity index (χ0v) is 10.7. The number of pyridine rings is 1. The maximum Gasteiger partial charge on any atom is 0.259 e. The van der Waals surface area contributed by atoms with Crippen LogP contribution in [-0.2, 0) is 0 Å². The molecular weight excluding hydrogens is 245 g/mol. The summed E-state index contributed by atoms with van der Waals surface area (Å²) in [4.78, 5) is 16.1. The number of benzene rings is 1. The van der Waals surface area contributed by atoms with Crippen molar-refractivity contribution < 1.29 is 9.18 Å². The Balaban J connectivity index is 2.26. The van der Waals surface area contributed by atoms with Gasteiger partial charge in [0.05, 0.1) is 5.56 Å². The van der Waals surface area contributed by atoms with Gasteiger partial charge in [0, 0.05) is 30.8 Å². The molecule has 2 N–H and O–H groups in total. The highest BCUT2D eigenvalue weighted by Crippen LogP contribution is 2.19. The summed E-state index contributed by atoms with van der Waals surface area (Å²) in [7, 11) is 1.73. The van der Waals surface area contributed by atoms with Gasteiger partial charge in [-0.3, -0.25) is 9.78 Å². The molecule has 98 valence electrons. The lowest BCUT2D eigenvalue weighted by molar-refractivity contribution is 0.102. The average molecular weight is 259 g/mol. The van der Waals surface area contributed by atoms with E-state index in [4.69, 9.17) is 0 Å². The van der Waals surface area contributed by atoms with Crippen LogP contribution in [0.5, 0.6) is 0 Å². The van der Waals surface area contributed by atoms with E-state index >= 15 is 0 Å². The van der Waals surface area contributed by atoms with Crippen LogP contribution in [0.15, 0.2) is 36.7 Å². The Morgan fingerprint density at radius 1 is 1.26 bits per heavy atom. The number of rotatable bonds is 3. The summed E-state index contributed by atoms with van der Waals surface area (Å²) in [6.45, 7) is 1.74. The second-order valence-corrected chi connectivity index (χ2v) is 4.08. The number of aryl methyl sites for hydroxylation is 1. The molecule has 0 saturated heterocycles. The Morgan fingerprint density at radius 3 is 2.74 bits per heavy atom. The molecule has 0 fully saturated rings. The van der Waals surface area contributed by atoms with Gasteiger partial charge in [-0.05, 0) is 36.8 Å². The number of carbonyl (C=O) groups excluding carboxylic acids is 1. The van der Waals surface area contributed by atoms with E-state index in [9.17, 15) is 9.18 Å². The van der Waals surface area contributed by atoms with Gasteiger partial charge >= 0.3 is 0 Å². The second-order valence-electron chi connectivity index (χ2n) is 4.08. The molecule has 2 rings (SSSR count). The number of hydrogen-bond donors (Lipinski definition) is 2. The summed E-state index contributed by atoms with van der Waals surface area (Å²) >= 11 is 0. The highest BCUT2D eigenvalue weighted by molar-refractivity contribution is 6.08. The van der Waals surface area contributed by atoms with E-state index in [2.05, 4.69) is 15.6 Å². The largest absolute Gasteiger partial charge is 0.387 e. The molecule has 0 aliphatic rings. The molecule has 0 bridgehead atoms. The molecule has 0 saturated carbocycles. The van der Waals surface area contributed by atoms with Crippen molar-refractivity contribution in [2.75, 3.05) is 17.7 Å². The van der Waals surface area contributed by atoms with Crippen LogP contribution < -0.4 is 10.6 Å². The third-order valence-electron chi connectivity index (χ3n) is 2.77. The Hall–Kier alpha value is -2.43. The fourth-order valence-electron chi connectivity index (χ4n) is 1.75. The Labute approximate surface area is 110 Å². The summed E-state index contributed by atoms with van der Waals surface area (Å²) < 4.78 is 13.0. The van der Waals surface area contributed by atoms with E-state index in [1.165, 1.54) is 24.4 Å². The molecular formula is C14H14FN3O. The highest BCUT2D eigenvalue weighted by Gasteiger charge is 2.12. The molecule has 1 aromatic heterocycles. The van der Waals surface area contributed by atoms with Crippen LogP contribution in [0.1, 0.15) is 15.9 Å². The summed E-state index contributed by atoms with van der Waals surface area (Å²) in [6, 6.07) is 5.94. The van der Waals surface area contributed by atoms with Gasteiger partial charge in [0.2, 0.25) is 0 Å². The van der Waals surface area contributed by atoms with Gasteiger partial charge in [0.25, 0.3) is 5.91 Å². The molecule has 0 aliphatic heterocycles. The van der Waals surface area contributed by atoms with Gasteiger partial charge in [0.15, 0.2) is 0 Å². The number of hydrogen-bond acceptors (Lipinski definition) is 3. The summed E-state index contributed by atoms with van der Waals surface area (Å²) in [5, 5.41) is 5.67. The lowest BCUT2D eigenvalue weighted by Crippen LogP contribution is -2.15. The van der Waals surface area contributed by atoms with Crippen LogP contribution in [0.4, 0.5) is 15.8 Å². The molecule has 0 spiro atoms. The van der Waals surface area contributed by atoms with Crippen LogP contribution in [0, 0.1) is 12.7 Å². The molecule has 2 aromatic rings. The number of amides is 1. The van der Waals surface area contributed by atoms with E-state index in [0.717, 1.165) is 0 Å². The molecule has 1 heterocycles. The van der Waals surface area contributed by atoms with Crippen molar-refractivity contribution in [2.45, 2.75) is 6.92 Å². The summed E-state index contributed by atoms with van der Waals surface area (Å²) in [5.74, 6) is -0.611. The van der Waals surface area contributed by atoms with Crippen molar-refractivity contribution in [1.82, 2.24) is 4.98 Å². The van der Waals surface area contributed by atoms with E-state index < -0.39 is 0 Å². The van der Waals surface area contributed by atoms with Gasteiger partial charge < -0.3 is 10.6 Å². The highest BCUT2D eigenvalue weighted by atomic mass is 19.1. The molecule has 0 aliphatic carbocycles. The number of carbonyl (C=O) groups is 1. The number of nitrogens with one attached hydrogen (secondary N) is 2. The third-order valence-corrected chi connectivity index (χ3v) is 2.77. The van der Waals surface area contributed by atoms with Crippen molar-refractivity contribution in [3.05, 3.63) is 53.6 Å². The third kappa shape index (κ3) is 2.88. The fraction of sp³-hybridized carbons (Fsp3) is 0.143. The first-order valence-corrected chi connectivity index (χ1v) is 5.81. The molecule has 4 nitrogen and oxygen atoms in total. The predicted molar refractivity (Wildman–Crippen MR) is 72.9 cm³/mol. The van der Waals surface area contributed by atoms with Gasteiger partial charge in [-0.2, -0.15) is 0 Å². The normalized spacial score (nSPS) is 10.1. The Kier molecular flexibility index (Phi) is 3.75. The minimum atomic E-state index is -0.326. The van der Waals surface area contributed by atoms with Crippen molar-refractivity contribution >= 4 is 17.3 Å². The van der Waals surface area contributed by atoms with E-state index in [1.807, 2.05) is 0 Å². The first-order chi connectivity index (χ1) is 9.11. The maximum atomic E-state index is 13.0. The van der Waals surface area contributed by atoms with E-state index in [1.54, 1.807) is 26.2 Å². The molecule has 0 unspecified atom stereocenters. The quantitative estimate of drug-likeness (QED) is 0.891. The van der Waals surface area contributed by atoms with Gasteiger partial charge in [-0.15, -0.1) is 0 Å². The Morgan fingerprint density at radius 2 is 2.05 bits per heavy atom. The number of anilines is 2. The molecule has 1 amide bonds. The van der Waals surface area contributed by atoms with Gasteiger partial charge in [-0.1, -0.05) is 0 Å². The topological polar surface area (TPSA) is 54.0 Å². The molecule has 0 radical (unpaired) electrons. The number of halogens is 1. The number of aromatic nitrogens is 1. The minimum absolute atomic E-state index is 0.285. The van der Waals surface area contributed by atoms with Crippen molar-refractivity contribution in [2.24, 2.45) is 0 Å². The standard InChI is InChI=1S/C14H14FN3O/c1-9-7-10(15)3-4-12(9)18-14(19)11-8-17-6-5-13(11)16-2/h3-8H,1-2H3,(H,16,17)(H,18,19). The zero-order chi connectivity index (χ0) is 13.8. The summed E-state index contributed by atoms with van der Waals surface area (Å²) in [6.07, 6.45) is 3.09. The monoisotopic (exact) mass is 259 g/mol. The maximum absolute atomic E-state index is 13.0. The molecule has 0 atom stereocenters. The van der Waals surface area contributed by atoms with Gasteiger partial charge in [-0.25, -0.2) is 4.39 Å². The van der Waals surface area contributed by atoms with Crippen LogP contribution in [0.25, 0.3) is 0 Å². The van der Waals surface area contributed by atoms with Crippen molar-refractivity contribution in [1.29, 1.82) is 0 Å². The minimum Gasteiger partial charge on any atom is -0.387 e. The average Bonchev–Trinajstić information content (AvgIpc) is 2.41. The zero-order valence-electron chi connectivity index (χ0n) is 10.7. The van der Waals surface area contributed by atoms with Crippen LogP contribution in [0.2, 0.25) is 0 Å². The van der Waals surface area contributed by atoms with Crippen molar-refractivity contribution in [3.8, 4) is 0 Å². The lowest BCUT2D eigenvalue weighted by atomic mass is 10.1. The van der Waals surface area contributed by atoms with Gasteiger partial charge in [0.1, 0.15) is 5.82 Å². The van der Waals surface area contributed by atoms with Crippen LogP contribution in [0.3, 0.4) is 0 Å². The first-order valence-electron chi connectivity index (χ1n) is 5.81. The lowest BCUT2D eigenvalue weighted by Gasteiger charge is -2.11. The second kappa shape index (κ2) is 5.48. The van der Waals surface area contributed by atoms with Crippen LogP contribution >= 0.6 is 0 Å².